The van der Waals surface area contributed by atoms with Crippen molar-refractivity contribution in [3.63, 3.8) is 0 Å². The molecule has 18 heavy (non-hydrogen) atoms. The molecule has 0 saturated carbocycles. The molecule has 0 spiro atoms. The lowest BCUT2D eigenvalue weighted by atomic mass is 10.1. The zero-order valence-corrected chi connectivity index (χ0v) is 11.5. The van der Waals surface area contributed by atoms with Crippen LogP contribution in [0.25, 0.3) is 0 Å². The first-order valence-electron chi connectivity index (χ1n) is 6.53. The van der Waals surface area contributed by atoms with E-state index in [4.69, 9.17) is 0 Å². The topological polar surface area (TPSA) is 61.4 Å². The summed E-state index contributed by atoms with van der Waals surface area (Å²) in [5.41, 5.74) is 0.138. The van der Waals surface area contributed by atoms with Gasteiger partial charge in [0.1, 0.15) is 11.4 Å². The van der Waals surface area contributed by atoms with Crippen LogP contribution < -0.4 is 21.5 Å². The summed E-state index contributed by atoms with van der Waals surface area (Å²) in [5, 5.41) is 6.08. The maximum Gasteiger partial charge on any atom is 0.253 e. The second-order valence-electron chi connectivity index (χ2n) is 4.77. The second-order valence-corrected chi connectivity index (χ2v) is 4.77. The van der Waals surface area contributed by atoms with Gasteiger partial charge in [-0.05, 0) is 20.5 Å². The van der Waals surface area contributed by atoms with Crippen LogP contribution in [0.1, 0.15) is 26.2 Å². The van der Waals surface area contributed by atoms with E-state index in [0.29, 0.717) is 17.9 Å². The maximum atomic E-state index is 11.4. The largest absolute Gasteiger partial charge is 0.380 e. The minimum absolute atomic E-state index is 0.390. The summed E-state index contributed by atoms with van der Waals surface area (Å²) < 4.78 is 0. The number of nitrogens with zero attached hydrogens (tertiary/aromatic N) is 1. The lowest BCUT2D eigenvalue weighted by molar-refractivity contribution is 0.425. The molecule has 0 aromatic heterocycles. The molecule has 0 radical (unpaired) electrons. The van der Waals surface area contributed by atoms with Gasteiger partial charge in [0.15, 0.2) is 0 Å². The van der Waals surface area contributed by atoms with Crippen molar-refractivity contribution in [2.45, 2.75) is 26.2 Å². The number of unbranched alkanes of at least 4 members (excludes halogenated alkanes) is 2. The normalized spacial score (nSPS) is 11.1. The van der Waals surface area contributed by atoms with E-state index in [1.54, 1.807) is 0 Å². The zero-order valence-electron chi connectivity index (χ0n) is 11.5. The Morgan fingerprint density at radius 3 is 2.00 bits per heavy atom. The van der Waals surface area contributed by atoms with Crippen LogP contribution >= 0.6 is 0 Å². The van der Waals surface area contributed by atoms with Crippen molar-refractivity contribution >= 4 is 11.4 Å². The standard InChI is InChI=1S/C13H23N3O2/c1-4-5-6-7-14-10-11(13(18)12(10)17)15-8-9-16(2)3/h14-15H,4-9H2,1-3H3. The molecule has 1 aromatic carbocycles. The van der Waals surface area contributed by atoms with E-state index < -0.39 is 5.43 Å². The van der Waals surface area contributed by atoms with Crippen LogP contribution in [0.3, 0.4) is 0 Å². The summed E-state index contributed by atoms with van der Waals surface area (Å²) in [6, 6.07) is 0. The third-order valence-corrected chi connectivity index (χ3v) is 2.85. The van der Waals surface area contributed by atoms with Crippen LogP contribution in [-0.2, 0) is 0 Å². The van der Waals surface area contributed by atoms with Crippen molar-refractivity contribution < 1.29 is 0 Å². The van der Waals surface area contributed by atoms with Gasteiger partial charge in [-0.1, -0.05) is 19.8 Å². The Balaban J connectivity index is 2.45. The molecule has 0 aliphatic rings. The van der Waals surface area contributed by atoms with Crippen molar-refractivity contribution in [1.82, 2.24) is 4.90 Å². The summed E-state index contributed by atoms with van der Waals surface area (Å²) in [6.07, 6.45) is 3.29. The van der Waals surface area contributed by atoms with Crippen molar-refractivity contribution in [3.05, 3.63) is 20.4 Å². The highest BCUT2D eigenvalue weighted by Gasteiger charge is 2.19. The van der Waals surface area contributed by atoms with E-state index in [1.165, 1.54) is 0 Å². The Hall–Kier alpha value is -1.36. The van der Waals surface area contributed by atoms with Crippen LogP contribution in [0.15, 0.2) is 9.59 Å². The molecule has 102 valence electrons. The van der Waals surface area contributed by atoms with Gasteiger partial charge in [0, 0.05) is 19.6 Å². The summed E-state index contributed by atoms with van der Waals surface area (Å²) in [4.78, 5) is 24.8. The average molecular weight is 253 g/mol. The molecule has 5 heteroatoms. The van der Waals surface area contributed by atoms with E-state index >= 15 is 0 Å². The fourth-order valence-electron chi connectivity index (χ4n) is 1.72. The Bertz CT molecular complexity index is 433. The Morgan fingerprint density at radius 2 is 1.50 bits per heavy atom. The summed E-state index contributed by atoms with van der Waals surface area (Å²) in [6.45, 7) is 4.38. The molecule has 0 aliphatic carbocycles. The lowest BCUT2D eigenvalue weighted by Crippen LogP contribution is -2.38. The van der Waals surface area contributed by atoms with Crippen molar-refractivity contribution in [2.75, 3.05) is 44.4 Å². The number of anilines is 2. The molecule has 2 N–H and O–H groups in total. The first-order chi connectivity index (χ1) is 8.57. The molecule has 1 aromatic rings. The van der Waals surface area contributed by atoms with Gasteiger partial charge in [-0.15, -0.1) is 0 Å². The molecule has 0 unspecified atom stereocenters. The highest BCUT2D eigenvalue weighted by molar-refractivity contribution is 5.73. The Kier molecular flexibility index (Phi) is 5.85. The van der Waals surface area contributed by atoms with Gasteiger partial charge in [-0.2, -0.15) is 0 Å². The van der Waals surface area contributed by atoms with Gasteiger partial charge in [-0.25, -0.2) is 0 Å². The molecule has 5 nitrogen and oxygen atoms in total. The number of likely N-dealkylation sites (N-methyl/N-ethyl adjacent to an activating group) is 1. The maximum absolute atomic E-state index is 11.4. The molecule has 0 amide bonds. The molecule has 0 saturated heterocycles. The third kappa shape index (κ3) is 3.84. The molecule has 0 fully saturated rings. The number of hydrogen-bond donors (Lipinski definition) is 2. The van der Waals surface area contributed by atoms with E-state index in [-0.39, 0.29) is 5.43 Å². The second kappa shape index (κ2) is 7.16. The van der Waals surface area contributed by atoms with Crippen LogP contribution in [0.4, 0.5) is 11.4 Å². The van der Waals surface area contributed by atoms with Crippen molar-refractivity contribution in [1.29, 1.82) is 0 Å². The van der Waals surface area contributed by atoms with Gasteiger partial charge in [0.05, 0.1) is 0 Å². The van der Waals surface area contributed by atoms with Crippen molar-refractivity contribution in [2.24, 2.45) is 0 Å². The van der Waals surface area contributed by atoms with Gasteiger partial charge in [0.2, 0.25) is 0 Å². The SMILES string of the molecule is CCCCCNc1c(NCCN(C)C)c(=O)c1=O. The molecular weight excluding hydrogens is 230 g/mol. The highest BCUT2D eigenvalue weighted by Crippen LogP contribution is 2.13. The van der Waals surface area contributed by atoms with Crippen LogP contribution in [0.5, 0.6) is 0 Å². The van der Waals surface area contributed by atoms with Gasteiger partial charge < -0.3 is 15.5 Å². The number of nitrogens with one attached hydrogen (secondary N) is 2. The number of hydrogen-bond acceptors (Lipinski definition) is 5. The first-order valence-corrected chi connectivity index (χ1v) is 6.53. The third-order valence-electron chi connectivity index (χ3n) is 2.85. The molecule has 0 bridgehead atoms. The smallest absolute Gasteiger partial charge is 0.253 e. The van der Waals surface area contributed by atoms with Crippen LogP contribution in [-0.4, -0.2) is 38.6 Å². The molecular formula is C13H23N3O2. The van der Waals surface area contributed by atoms with Gasteiger partial charge in [-0.3, -0.25) is 9.59 Å². The van der Waals surface area contributed by atoms with Crippen LogP contribution in [0.2, 0.25) is 0 Å². The molecule has 1 rings (SSSR count). The predicted molar refractivity (Wildman–Crippen MR) is 76.4 cm³/mol. The Labute approximate surface area is 108 Å². The zero-order chi connectivity index (χ0) is 13.5. The number of rotatable bonds is 9. The Morgan fingerprint density at radius 1 is 0.944 bits per heavy atom. The fraction of sp³-hybridized carbons (Fsp3) is 0.692. The van der Waals surface area contributed by atoms with E-state index in [1.807, 2.05) is 19.0 Å². The van der Waals surface area contributed by atoms with Crippen molar-refractivity contribution in [3.8, 4) is 0 Å². The summed E-state index contributed by atoms with van der Waals surface area (Å²) in [7, 11) is 3.93. The van der Waals surface area contributed by atoms with Gasteiger partial charge >= 0.3 is 0 Å². The van der Waals surface area contributed by atoms with E-state index in [2.05, 4.69) is 17.6 Å². The lowest BCUT2D eigenvalue weighted by Gasteiger charge is -2.16. The first kappa shape index (κ1) is 14.7. The minimum Gasteiger partial charge on any atom is -0.380 e. The monoisotopic (exact) mass is 253 g/mol. The van der Waals surface area contributed by atoms with E-state index in [0.717, 1.165) is 32.4 Å². The predicted octanol–water partition coefficient (Wildman–Crippen LogP) is 0.858. The molecule has 0 aliphatic heterocycles. The minimum atomic E-state index is -0.397. The highest BCUT2D eigenvalue weighted by atomic mass is 16.2. The van der Waals surface area contributed by atoms with E-state index in [9.17, 15) is 9.59 Å². The molecule has 0 atom stereocenters. The summed E-state index contributed by atoms with van der Waals surface area (Å²) in [5.74, 6) is 0. The summed E-state index contributed by atoms with van der Waals surface area (Å²) >= 11 is 0. The average Bonchev–Trinajstić information content (AvgIpc) is 2.35. The quantitative estimate of drug-likeness (QED) is 0.505. The van der Waals surface area contributed by atoms with Crippen LogP contribution in [0, 0.1) is 0 Å². The molecule has 0 heterocycles. The fourth-order valence-corrected chi connectivity index (χ4v) is 1.72. The van der Waals surface area contributed by atoms with Gasteiger partial charge in [0.25, 0.3) is 10.9 Å².